The average Bonchev–Trinajstić information content (AvgIpc) is 2.53. The predicted molar refractivity (Wildman–Crippen MR) is 61.8 cm³/mol. The minimum atomic E-state index is -0.976. The summed E-state index contributed by atoms with van der Waals surface area (Å²) in [7, 11) is 0. The maximum absolute atomic E-state index is 11.0. The number of hydrogen-bond acceptors (Lipinski definition) is 3. The van der Waals surface area contributed by atoms with Gasteiger partial charge in [-0.2, -0.15) is 5.10 Å². The van der Waals surface area contributed by atoms with Crippen molar-refractivity contribution < 1.29 is 9.90 Å². The van der Waals surface area contributed by atoms with Crippen molar-refractivity contribution in [2.75, 3.05) is 0 Å². The maximum Gasteiger partial charge on any atom is 0.339 e. The van der Waals surface area contributed by atoms with Crippen molar-refractivity contribution in [1.29, 1.82) is 0 Å². The molecule has 0 unspecified atom stereocenters. The minimum absolute atomic E-state index is 0.199. The van der Waals surface area contributed by atoms with Crippen LogP contribution in [-0.2, 0) is 6.42 Å². The molecule has 0 amide bonds. The van der Waals surface area contributed by atoms with Crippen LogP contribution >= 0.6 is 15.9 Å². The Balaban J connectivity index is 2.80. The first-order valence-corrected chi connectivity index (χ1v) is 5.61. The second-order valence-corrected chi connectivity index (χ2v) is 4.20. The van der Waals surface area contributed by atoms with Crippen LogP contribution in [0.15, 0.2) is 10.8 Å². The molecule has 0 radical (unpaired) electrons. The Morgan fingerprint density at radius 1 is 1.62 bits per heavy atom. The van der Waals surface area contributed by atoms with Crippen molar-refractivity contribution in [2.45, 2.75) is 20.3 Å². The zero-order valence-corrected chi connectivity index (χ0v) is 10.4. The SMILES string of the molecule is CCc1nc2c(C)c(Br)nn2cc1C(=O)O. The number of carbonyl (C=O) groups is 1. The first-order chi connectivity index (χ1) is 7.54. The predicted octanol–water partition coefficient (Wildman–Crippen LogP) is 2.06. The van der Waals surface area contributed by atoms with Gasteiger partial charge >= 0.3 is 5.97 Å². The largest absolute Gasteiger partial charge is 0.478 e. The summed E-state index contributed by atoms with van der Waals surface area (Å²) in [5.74, 6) is -0.976. The molecule has 0 aromatic carbocycles. The molecule has 84 valence electrons. The van der Waals surface area contributed by atoms with Crippen molar-refractivity contribution in [3.63, 3.8) is 0 Å². The van der Waals surface area contributed by atoms with Crippen LogP contribution < -0.4 is 0 Å². The molecule has 0 saturated heterocycles. The molecule has 0 aliphatic rings. The van der Waals surface area contributed by atoms with Gasteiger partial charge in [-0.1, -0.05) is 6.92 Å². The molecule has 0 fully saturated rings. The van der Waals surface area contributed by atoms with Crippen molar-refractivity contribution in [3.05, 3.63) is 27.6 Å². The molecule has 0 saturated carbocycles. The minimum Gasteiger partial charge on any atom is -0.478 e. The molecule has 2 heterocycles. The standard InChI is InChI=1S/C10H10BrN3O2/c1-3-7-6(10(15)16)4-14-9(12-7)5(2)8(11)13-14/h4H,3H2,1-2H3,(H,15,16). The number of nitrogens with zero attached hydrogens (tertiary/aromatic N) is 3. The van der Waals surface area contributed by atoms with Crippen molar-refractivity contribution in [2.24, 2.45) is 0 Å². The Labute approximate surface area is 100 Å². The van der Waals surface area contributed by atoms with Crippen LogP contribution in [0.1, 0.15) is 28.5 Å². The van der Waals surface area contributed by atoms with Gasteiger partial charge in [0.25, 0.3) is 0 Å². The summed E-state index contributed by atoms with van der Waals surface area (Å²) in [4.78, 5) is 15.3. The van der Waals surface area contributed by atoms with E-state index >= 15 is 0 Å². The van der Waals surface area contributed by atoms with Gasteiger partial charge in [0.1, 0.15) is 4.60 Å². The Morgan fingerprint density at radius 3 is 2.88 bits per heavy atom. The average molecular weight is 284 g/mol. The molecule has 16 heavy (non-hydrogen) atoms. The molecule has 0 aliphatic heterocycles. The van der Waals surface area contributed by atoms with Crippen LogP contribution in [0.2, 0.25) is 0 Å². The first kappa shape index (κ1) is 11.1. The van der Waals surface area contributed by atoms with Crippen LogP contribution in [-0.4, -0.2) is 25.7 Å². The van der Waals surface area contributed by atoms with Crippen LogP contribution in [0.3, 0.4) is 0 Å². The number of rotatable bonds is 2. The molecule has 2 rings (SSSR count). The van der Waals surface area contributed by atoms with Crippen molar-refractivity contribution in [1.82, 2.24) is 14.6 Å². The molecule has 2 aromatic rings. The summed E-state index contributed by atoms with van der Waals surface area (Å²) in [6.45, 7) is 3.77. The van der Waals surface area contributed by atoms with Gasteiger partial charge in [-0.3, -0.25) is 0 Å². The van der Waals surface area contributed by atoms with E-state index in [2.05, 4.69) is 26.0 Å². The maximum atomic E-state index is 11.0. The summed E-state index contributed by atoms with van der Waals surface area (Å²) in [6.07, 6.45) is 2.08. The van der Waals surface area contributed by atoms with Gasteiger partial charge in [0.15, 0.2) is 5.65 Å². The fourth-order valence-electron chi connectivity index (χ4n) is 1.54. The number of aryl methyl sites for hydroxylation is 2. The molecule has 2 aromatic heterocycles. The van der Waals surface area contributed by atoms with E-state index in [1.165, 1.54) is 10.7 Å². The number of fused-ring (bicyclic) bond motifs is 1. The van der Waals surface area contributed by atoms with Crippen molar-refractivity contribution >= 4 is 27.5 Å². The molecule has 0 atom stereocenters. The first-order valence-electron chi connectivity index (χ1n) is 4.82. The van der Waals surface area contributed by atoms with Crippen LogP contribution in [0.5, 0.6) is 0 Å². The highest BCUT2D eigenvalue weighted by Gasteiger charge is 2.15. The number of aromatic carboxylic acids is 1. The molecule has 0 aliphatic carbocycles. The molecular weight excluding hydrogens is 274 g/mol. The third kappa shape index (κ3) is 1.59. The fourth-order valence-corrected chi connectivity index (χ4v) is 1.89. The van der Waals surface area contributed by atoms with Crippen LogP contribution in [0.25, 0.3) is 5.65 Å². The third-order valence-electron chi connectivity index (χ3n) is 2.43. The van der Waals surface area contributed by atoms with Gasteiger partial charge in [-0.05, 0) is 29.3 Å². The van der Waals surface area contributed by atoms with Gasteiger partial charge in [0.2, 0.25) is 0 Å². The lowest BCUT2D eigenvalue weighted by Crippen LogP contribution is -2.07. The highest BCUT2D eigenvalue weighted by molar-refractivity contribution is 9.10. The topological polar surface area (TPSA) is 67.5 Å². The molecule has 0 spiro atoms. The van der Waals surface area contributed by atoms with E-state index in [4.69, 9.17) is 5.11 Å². The zero-order valence-electron chi connectivity index (χ0n) is 8.86. The quantitative estimate of drug-likeness (QED) is 0.916. The van der Waals surface area contributed by atoms with Crippen LogP contribution in [0.4, 0.5) is 0 Å². The molecule has 1 N–H and O–H groups in total. The number of carboxylic acids is 1. The second-order valence-electron chi connectivity index (χ2n) is 3.44. The van der Waals surface area contributed by atoms with E-state index in [9.17, 15) is 4.79 Å². The molecule has 6 heteroatoms. The Hall–Kier alpha value is -1.43. The van der Waals surface area contributed by atoms with E-state index in [0.29, 0.717) is 22.4 Å². The van der Waals surface area contributed by atoms with E-state index in [-0.39, 0.29) is 5.56 Å². The normalized spacial score (nSPS) is 10.9. The lowest BCUT2D eigenvalue weighted by atomic mass is 10.2. The highest BCUT2D eigenvalue weighted by atomic mass is 79.9. The monoisotopic (exact) mass is 283 g/mol. The summed E-state index contributed by atoms with van der Waals surface area (Å²) in [5, 5.41) is 13.2. The lowest BCUT2D eigenvalue weighted by Gasteiger charge is -2.03. The van der Waals surface area contributed by atoms with Crippen molar-refractivity contribution in [3.8, 4) is 0 Å². The van der Waals surface area contributed by atoms with E-state index in [1.807, 2.05) is 13.8 Å². The van der Waals surface area contributed by atoms with Gasteiger partial charge in [-0.25, -0.2) is 14.3 Å². The zero-order chi connectivity index (χ0) is 11.9. The summed E-state index contributed by atoms with van der Waals surface area (Å²) in [6, 6.07) is 0. The van der Waals surface area contributed by atoms with Gasteiger partial charge in [0, 0.05) is 11.8 Å². The Bertz CT molecular complexity index is 577. The number of aromatic nitrogens is 3. The second kappa shape index (κ2) is 3.86. The van der Waals surface area contributed by atoms with E-state index in [0.717, 1.165) is 5.56 Å². The van der Waals surface area contributed by atoms with E-state index < -0.39 is 5.97 Å². The van der Waals surface area contributed by atoms with Gasteiger partial charge < -0.3 is 5.11 Å². The smallest absolute Gasteiger partial charge is 0.339 e. The Kier molecular flexibility index (Phi) is 2.67. The summed E-state index contributed by atoms with van der Waals surface area (Å²) < 4.78 is 2.17. The lowest BCUT2D eigenvalue weighted by molar-refractivity contribution is 0.0694. The summed E-state index contributed by atoms with van der Waals surface area (Å²) in [5.41, 5.74) is 2.38. The molecular formula is C10H10BrN3O2. The third-order valence-corrected chi connectivity index (χ3v) is 3.18. The fraction of sp³-hybridized carbons (Fsp3) is 0.300. The highest BCUT2D eigenvalue weighted by Crippen LogP contribution is 2.20. The van der Waals surface area contributed by atoms with Gasteiger partial charge in [0.05, 0.1) is 11.3 Å². The molecule has 0 bridgehead atoms. The Morgan fingerprint density at radius 2 is 2.31 bits per heavy atom. The van der Waals surface area contributed by atoms with E-state index in [1.54, 1.807) is 0 Å². The number of hydrogen-bond donors (Lipinski definition) is 1. The molecule has 5 nitrogen and oxygen atoms in total. The number of carboxylic acid groups (broad SMARTS) is 1. The summed E-state index contributed by atoms with van der Waals surface area (Å²) >= 11 is 3.30. The number of halogens is 1. The van der Waals surface area contributed by atoms with Crippen LogP contribution in [0, 0.1) is 6.92 Å². The van der Waals surface area contributed by atoms with Gasteiger partial charge in [-0.15, -0.1) is 0 Å².